The van der Waals surface area contributed by atoms with Gasteiger partial charge in [0.15, 0.2) is 22.8 Å². The summed E-state index contributed by atoms with van der Waals surface area (Å²) in [5.74, 6) is -0.0338. The highest BCUT2D eigenvalue weighted by Gasteiger charge is 2.27. The topological polar surface area (TPSA) is 224 Å². The number of hydrogen-bond acceptors (Lipinski definition) is 12. The molecule has 6 rings (SSSR count). The first-order valence-corrected chi connectivity index (χ1v) is 17.1. The van der Waals surface area contributed by atoms with E-state index in [0.29, 0.717) is 11.6 Å². The number of nitrogen functional groups attached to an aromatic ring is 1. The standard InChI is InChI=1S/C19H20NO7P.C14H18N6O/c1-14(19(22)27-28(23,24)25)20-26-13-16-9-7-15(8-10-16)11-12-18(21)17-5-3-2-4-6-17;15-14-18-12(17-9-2-3-9)11-13(19-14)20(7-16-11)10-4-1-8(5-10)6-21/h2-12,14,20H,13H2,1H3,(H2,23,24,25);1,4,7-10,21H,2-3,5-6H2,(H3,15,17,18,19)/t14-;8-,10+/m01/s1. The van der Waals surface area contributed by atoms with Crippen LogP contribution in [0.2, 0.25) is 0 Å². The molecule has 0 bridgehead atoms. The summed E-state index contributed by atoms with van der Waals surface area (Å²) in [7, 11) is -4.88. The van der Waals surface area contributed by atoms with Gasteiger partial charge in [-0.25, -0.2) is 14.3 Å². The molecule has 2 aromatic heterocycles. The number of aliphatic hydroxyl groups is 1. The van der Waals surface area contributed by atoms with Crippen LogP contribution in [0.4, 0.5) is 11.8 Å². The predicted octanol–water partition coefficient (Wildman–Crippen LogP) is 3.72. The van der Waals surface area contributed by atoms with Crippen molar-refractivity contribution in [2.24, 2.45) is 5.92 Å². The number of carbonyl (C=O) groups excluding carboxylic acids is 2. The third-order valence-electron chi connectivity index (χ3n) is 7.62. The first-order chi connectivity index (χ1) is 23.5. The normalized spacial score (nSPS) is 17.9. The number of nitrogens with one attached hydrogen (secondary N) is 2. The van der Waals surface area contributed by atoms with Gasteiger partial charge in [-0.15, -0.1) is 0 Å². The zero-order valence-electron chi connectivity index (χ0n) is 26.6. The molecule has 2 aliphatic rings. The van der Waals surface area contributed by atoms with Crippen LogP contribution in [0.5, 0.6) is 0 Å². The molecule has 4 aromatic rings. The van der Waals surface area contributed by atoms with Crippen molar-refractivity contribution < 1.29 is 38.4 Å². The first kappa shape index (κ1) is 35.5. The van der Waals surface area contributed by atoms with Crippen LogP contribution in [0.3, 0.4) is 0 Å². The molecule has 3 atom stereocenters. The van der Waals surface area contributed by atoms with Crippen molar-refractivity contribution in [3.8, 4) is 0 Å². The highest BCUT2D eigenvalue weighted by atomic mass is 31.2. The van der Waals surface area contributed by atoms with Crippen molar-refractivity contribution in [1.29, 1.82) is 0 Å². The number of aromatic nitrogens is 4. The van der Waals surface area contributed by atoms with Gasteiger partial charge in [0.2, 0.25) is 5.95 Å². The van der Waals surface area contributed by atoms with Crippen LogP contribution in [0.25, 0.3) is 17.2 Å². The van der Waals surface area contributed by atoms with Crippen LogP contribution in [-0.4, -0.2) is 64.9 Å². The summed E-state index contributed by atoms with van der Waals surface area (Å²) in [4.78, 5) is 58.8. The number of hydrogen-bond donors (Lipinski definition) is 6. The number of phosphoric acid groups is 1. The molecule has 2 aliphatic carbocycles. The lowest BCUT2D eigenvalue weighted by Gasteiger charge is -2.13. The molecule has 16 heteroatoms. The Morgan fingerprint density at radius 2 is 1.84 bits per heavy atom. The third-order valence-corrected chi connectivity index (χ3v) is 8.04. The minimum atomic E-state index is -4.88. The molecule has 0 aliphatic heterocycles. The van der Waals surface area contributed by atoms with Crippen LogP contribution in [0, 0.1) is 5.92 Å². The van der Waals surface area contributed by atoms with Gasteiger partial charge in [0.1, 0.15) is 6.04 Å². The summed E-state index contributed by atoms with van der Waals surface area (Å²) in [6, 6.07) is 15.7. The molecule has 0 saturated heterocycles. The largest absolute Gasteiger partial charge is 0.527 e. The summed E-state index contributed by atoms with van der Waals surface area (Å²) in [6.07, 6.45) is 12.3. The number of phosphoric ester groups is 1. The molecule has 15 nitrogen and oxygen atoms in total. The second kappa shape index (κ2) is 16.1. The lowest BCUT2D eigenvalue weighted by atomic mass is 10.1. The van der Waals surface area contributed by atoms with Gasteiger partial charge < -0.3 is 25.2 Å². The Hall–Kier alpha value is -4.76. The lowest BCUT2D eigenvalue weighted by molar-refractivity contribution is -0.142. The Kier molecular flexibility index (Phi) is 11.7. The van der Waals surface area contributed by atoms with Gasteiger partial charge >= 0.3 is 13.8 Å². The summed E-state index contributed by atoms with van der Waals surface area (Å²) < 4.78 is 16.6. The Balaban J connectivity index is 0.000000198. The summed E-state index contributed by atoms with van der Waals surface area (Å²) in [5.41, 5.74) is 11.9. The minimum Gasteiger partial charge on any atom is -0.396 e. The van der Waals surface area contributed by atoms with Crippen molar-refractivity contribution in [1.82, 2.24) is 25.0 Å². The number of aliphatic hydroxyl groups excluding tert-OH is 1. The van der Waals surface area contributed by atoms with Crippen molar-refractivity contribution in [3.63, 3.8) is 0 Å². The molecule has 2 heterocycles. The van der Waals surface area contributed by atoms with E-state index in [2.05, 4.69) is 36.3 Å². The highest BCUT2D eigenvalue weighted by Crippen LogP contribution is 2.36. The average Bonchev–Trinajstić information content (AvgIpc) is 3.59. The molecule has 1 fully saturated rings. The van der Waals surface area contributed by atoms with E-state index < -0.39 is 19.8 Å². The molecule has 1 saturated carbocycles. The maximum absolute atomic E-state index is 12.0. The van der Waals surface area contributed by atoms with Gasteiger partial charge in [-0.3, -0.25) is 19.4 Å². The SMILES string of the molecule is C[C@H](NOCc1ccc(C=CC(=O)c2ccccc2)cc1)C(=O)OP(=O)(O)O.Nc1nc(NC2CC2)c2ncn([C@H]3C=C[C@@H](CO)C3)c2n1. The van der Waals surface area contributed by atoms with Crippen LogP contribution >= 0.6 is 7.82 Å². The minimum absolute atomic E-state index is 0.0895. The highest BCUT2D eigenvalue weighted by molar-refractivity contribution is 7.46. The zero-order chi connectivity index (χ0) is 35.0. The Bertz CT molecular complexity index is 1860. The van der Waals surface area contributed by atoms with Crippen molar-refractivity contribution in [2.75, 3.05) is 17.7 Å². The van der Waals surface area contributed by atoms with Gasteiger partial charge in [0, 0.05) is 24.1 Å². The maximum atomic E-state index is 12.0. The maximum Gasteiger partial charge on any atom is 0.527 e. The molecular weight excluding hydrogens is 653 g/mol. The zero-order valence-corrected chi connectivity index (χ0v) is 27.5. The number of carbonyl (C=O) groups is 2. The number of hydroxylamine groups is 1. The van der Waals surface area contributed by atoms with Crippen LogP contribution in [0.15, 0.2) is 79.2 Å². The molecule has 0 spiro atoms. The smallest absolute Gasteiger partial charge is 0.396 e. The Morgan fingerprint density at radius 3 is 2.49 bits per heavy atom. The second-order valence-electron chi connectivity index (χ2n) is 11.6. The van der Waals surface area contributed by atoms with Crippen LogP contribution in [0.1, 0.15) is 53.7 Å². The van der Waals surface area contributed by atoms with Crippen molar-refractivity contribution in [2.45, 2.75) is 50.9 Å². The fourth-order valence-corrected chi connectivity index (χ4v) is 5.27. The molecule has 0 unspecified atom stereocenters. The number of imidazole rings is 1. The number of allylic oxidation sites excluding steroid dienone is 2. The number of nitrogens with zero attached hydrogens (tertiary/aromatic N) is 4. The second-order valence-corrected chi connectivity index (χ2v) is 12.8. The van der Waals surface area contributed by atoms with Gasteiger partial charge in [0.25, 0.3) is 0 Å². The van der Waals surface area contributed by atoms with E-state index in [0.717, 1.165) is 47.4 Å². The van der Waals surface area contributed by atoms with E-state index in [1.165, 1.54) is 13.0 Å². The molecule has 49 heavy (non-hydrogen) atoms. The van der Waals surface area contributed by atoms with Crippen LogP contribution < -0.4 is 16.5 Å². The van der Waals surface area contributed by atoms with E-state index in [9.17, 15) is 19.3 Å². The molecule has 0 amide bonds. The number of rotatable bonds is 13. The molecule has 258 valence electrons. The lowest BCUT2D eigenvalue weighted by Crippen LogP contribution is -2.34. The van der Waals surface area contributed by atoms with E-state index in [1.54, 1.807) is 60.9 Å². The Morgan fingerprint density at radius 1 is 1.10 bits per heavy atom. The van der Waals surface area contributed by atoms with Crippen LogP contribution in [-0.2, 0) is 25.3 Å². The molecule has 7 N–H and O–H groups in total. The number of benzene rings is 2. The molecular formula is C33H38N7O8P. The van der Waals surface area contributed by atoms with Crippen molar-refractivity contribution >= 4 is 48.6 Å². The van der Waals surface area contributed by atoms with E-state index in [4.69, 9.17) is 20.4 Å². The number of ketones is 1. The van der Waals surface area contributed by atoms with Gasteiger partial charge in [-0.2, -0.15) is 15.4 Å². The monoisotopic (exact) mass is 691 g/mol. The van der Waals surface area contributed by atoms with E-state index in [1.807, 2.05) is 16.7 Å². The van der Waals surface area contributed by atoms with Gasteiger partial charge in [-0.05, 0) is 43.4 Å². The quantitative estimate of drug-likeness (QED) is 0.0387. The molecule has 2 aromatic carbocycles. The fraction of sp³-hybridized carbons (Fsp3) is 0.303. The third kappa shape index (κ3) is 10.4. The van der Waals surface area contributed by atoms with Crippen molar-refractivity contribution in [3.05, 3.63) is 95.8 Å². The number of anilines is 2. The van der Waals surface area contributed by atoms with Gasteiger partial charge in [-0.1, -0.05) is 72.8 Å². The van der Waals surface area contributed by atoms with E-state index in [-0.39, 0.29) is 36.9 Å². The van der Waals surface area contributed by atoms with E-state index >= 15 is 0 Å². The molecule has 0 radical (unpaired) electrons. The summed E-state index contributed by atoms with van der Waals surface area (Å²) >= 11 is 0. The Labute approximate surface area is 282 Å². The predicted molar refractivity (Wildman–Crippen MR) is 182 cm³/mol. The first-order valence-electron chi connectivity index (χ1n) is 15.6. The average molecular weight is 692 g/mol. The fourth-order valence-electron chi connectivity index (χ4n) is 4.88. The number of nitrogens with two attached hydrogens (primary N) is 1. The van der Waals surface area contributed by atoms with Gasteiger partial charge in [0.05, 0.1) is 19.0 Å². The summed E-state index contributed by atoms with van der Waals surface area (Å²) in [5, 5.41) is 12.6. The summed E-state index contributed by atoms with van der Waals surface area (Å²) in [6.45, 7) is 1.63. The number of fused-ring (bicyclic) bond motifs is 1.